The Morgan fingerprint density at radius 3 is 1.91 bits per heavy atom. The first-order valence-corrected chi connectivity index (χ1v) is 10.1. The first-order chi connectivity index (χ1) is 15.4. The molecule has 0 amide bonds. The van der Waals surface area contributed by atoms with E-state index in [0.717, 1.165) is 5.56 Å². The number of rotatable bonds is 7. The molecule has 2 aromatic rings. The number of esters is 1. The van der Waals surface area contributed by atoms with Crippen LogP contribution >= 0.6 is 0 Å². The summed E-state index contributed by atoms with van der Waals surface area (Å²) in [4.78, 5) is 34.5. The van der Waals surface area contributed by atoms with Crippen LogP contribution in [0.4, 0.5) is 4.79 Å². The van der Waals surface area contributed by atoms with Crippen LogP contribution in [0, 0.1) is 5.92 Å². The normalized spacial score (nSPS) is 17.7. The van der Waals surface area contributed by atoms with E-state index in [1.54, 1.807) is 24.3 Å². The molecule has 8 heteroatoms. The molecule has 1 fully saturated rings. The highest BCUT2D eigenvalue weighted by Crippen LogP contribution is 2.30. The van der Waals surface area contributed by atoms with Crippen LogP contribution < -0.4 is 9.47 Å². The van der Waals surface area contributed by atoms with E-state index in [0.29, 0.717) is 37.2 Å². The van der Waals surface area contributed by atoms with Gasteiger partial charge in [-0.05, 0) is 74.2 Å². The fourth-order valence-corrected chi connectivity index (χ4v) is 3.37. The molecule has 0 heterocycles. The van der Waals surface area contributed by atoms with Crippen molar-refractivity contribution >= 4 is 23.9 Å². The molecule has 0 spiro atoms. The molecule has 8 nitrogen and oxygen atoms in total. The van der Waals surface area contributed by atoms with E-state index < -0.39 is 18.1 Å². The molecule has 0 aliphatic heterocycles. The van der Waals surface area contributed by atoms with Gasteiger partial charge < -0.3 is 24.1 Å². The van der Waals surface area contributed by atoms with Crippen LogP contribution in [-0.2, 0) is 14.3 Å². The number of hydrogen-bond donors (Lipinski definition) is 1. The molecule has 0 radical (unpaired) electrons. The van der Waals surface area contributed by atoms with Crippen molar-refractivity contribution in [3.8, 4) is 11.5 Å². The SMILES string of the molecule is C=C(OC1CCC(C(=O)O)CC1)c1ccc(OC(=O)c2ccc(OC(=O)OC)cc2)cc1. The van der Waals surface area contributed by atoms with Gasteiger partial charge >= 0.3 is 18.1 Å². The van der Waals surface area contributed by atoms with E-state index in [2.05, 4.69) is 11.3 Å². The van der Waals surface area contributed by atoms with Crippen LogP contribution in [0.3, 0.4) is 0 Å². The van der Waals surface area contributed by atoms with Gasteiger partial charge in [-0.15, -0.1) is 0 Å². The van der Waals surface area contributed by atoms with E-state index in [1.807, 2.05) is 0 Å². The summed E-state index contributed by atoms with van der Waals surface area (Å²) in [6.07, 6.45) is 1.64. The first-order valence-electron chi connectivity index (χ1n) is 10.1. The largest absolute Gasteiger partial charge is 0.513 e. The van der Waals surface area contributed by atoms with Crippen molar-refractivity contribution in [3.63, 3.8) is 0 Å². The van der Waals surface area contributed by atoms with Gasteiger partial charge in [-0.3, -0.25) is 4.79 Å². The highest BCUT2D eigenvalue weighted by atomic mass is 16.7. The molecule has 0 unspecified atom stereocenters. The van der Waals surface area contributed by atoms with E-state index in [-0.39, 0.29) is 23.3 Å². The predicted molar refractivity (Wildman–Crippen MR) is 114 cm³/mol. The Bertz CT molecular complexity index is 970. The van der Waals surface area contributed by atoms with Crippen LogP contribution in [0.15, 0.2) is 55.1 Å². The lowest BCUT2D eigenvalue weighted by Gasteiger charge is -2.27. The highest BCUT2D eigenvalue weighted by Gasteiger charge is 2.27. The van der Waals surface area contributed by atoms with E-state index >= 15 is 0 Å². The minimum absolute atomic E-state index is 0.0539. The van der Waals surface area contributed by atoms with Gasteiger partial charge in [-0.1, -0.05) is 6.58 Å². The predicted octanol–water partition coefficient (Wildman–Crippen LogP) is 4.68. The summed E-state index contributed by atoms with van der Waals surface area (Å²) in [5.41, 5.74) is 1.03. The van der Waals surface area contributed by atoms with Crippen molar-refractivity contribution in [1.82, 2.24) is 0 Å². The second kappa shape index (κ2) is 10.5. The first kappa shape index (κ1) is 22.9. The quantitative estimate of drug-likeness (QED) is 0.286. The minimum Gasteiger partial charge on any atom is -0.490 e. The Labute approximate surface area is 185 Å². The number of hydrogen-bond acceptors (Lipinski definition) is 7. The van der Waals surface area contributed by atoms with Gasteiger partial charge in [-0.2, -0.15) is 0 Å². The highest BCUT2D eigenvalue weighted by molar-refractivity contribution is 5.91. The second-order valence-electron chi connectivity index (χ2n) is 7.35. The van der Waals surface area contributed by atoms with E-state index in [1.165, 1.54) is 31.4 Å². The zero-order chi connectivity index (χ0) is 23.1. The topological polar surface area (TPSA) is 108 Å². The number of ether oxygens (including phenoxy) is 4. The maximum atomic E-state index is 12.3. The smallest absolute Gasteiger partial charge is 0.490 e. The molecule has 3 rings (SSSR count). The molecule has 1 aliphatic carbocycles. The van der Waals surface area contributed by atoms with Crippen molar-refractivity contribution in [2.75, 3.05) is 7.11 Å². The van der Waals surface area contributed by atoms with Crippen LogP contribution in [0.25, 0.3) is 5.76 Å². The maximum Gasteiger partial charge on any atom is 0.513 e. The van der Waals surface area contributed by atoms with Crippen molar-refractivity contribution < 1.29 is 38.4 Å². The van der Waals surface area contributed by atoms with Crippen molar-refractivity contribution in [2.24, 2.45) is 5.92 Å². The molecule has 1 aliphatic rings. The zero-order valence-electron chi connectivity index (χ0n) is 17.6. The molecule has 32 heavy (non-hydrogen) atoms. The summed E-state index contributed by atoms with van der Waals surface area (Å²) in [5, 5.41) is 9.08. The van der Waals surface area contributed by atoms with Crippen LogP contribution in [0.1, 0.15) is 41.6 Å². The number of carboxylic acid groups (broad SMARTS) is 1. The molecular formula is C24H24O8. The number of carbonyl (C=O) groups excluding carboxylic acids is 2. The van der Waals surface area contributed by atoms with Crippen LogP contribution in [0.5, 0.6) is 11.5 Å². The molecular weight excluding hydrogens is 416 g/mol. The number of carboxylic acids is 1. The molecule has 0 aromatic heterocycles. The third kappa shape index (κ3) is 6.10. The van der Waals surface area contributed by atoms with Crippen molar-refractivity contribution in [3.05, 3.63) is 66.2 Å². The molecule has 0 saturated heterocycles. The summed E-state index contributed by atoms with van der Waals surface area (Å²) in [7, 11) is 1.20. The number of carbonyl (C=O) groups is 3. The Kier molecular flexibility index (Phi) is 7.49. The van der Waals surface area contributed by atoms with Gasteiger partial charge in [0.25, 0.3) is 0 Å². The standard InChI is InChI=1S/C24H24O8/c1-15(30-19-11-5-17(6-12-19)22(25)26)16-3-9-20(10-4-16)31-23(27)18-7-13-21(14-8-18)32-24(28)29-2/h3-4,7-10,13-14,17,19H,1,5-6,11-12H2,2H3,(H,25,26). The fourth-order valence-electron chi connectivity index (χ4n) is 3.37. The lowest BCUT2D eigenvalue weighted by Crippen LogP contribution is -2.25. The molecule has 0 atom stereocenters. The number of benzene rings is 2. The maximum absolute atomic E-state index is 12.3. The fraction of sp³-hybridized carbons (Fsp3) is 0.292. The molecule has 0 bridgehead atoms. The third-order valence-corrected chi connectivity index (χ3v) is 5.18. The Hall–Kier alpha value is -3.81. The van der Waals surface area contributed by atoms with Crippen molar-refractivity contribution in [1.29, 1.82) is 0 Å². The lowest BCUT2D eigenvalue weighted by atomic mass is 9.87. The van der Waals surface area contributed by atoms with Gasteiger partial charge in [0.1, 0.15) is 17.3 Å². The summed E-state index contributed by atoms with van der Waals surface area (Å²) in [6, 6.07) is 12.6. The molecule has 168 valence electrons. The lowest BCUT2D eigenvalue weighted by molar-refractivity contribution is -0.143. The van der Waals surface area contributed by atoms with Gasteiger partial charge in [0.15, 0.2) is 0 Å². The average Bonchev–Trinajstić information content (AvgIpc) is 2.80. The van der Waals surface area contributed by atoms with Gasteiger partial charge in [0.05, 0.1) is 24.7 Å². The molecule has 2 aromatic carbocycles. The van der Waals surface area contributed by atoms with Gasteiger partial charge in [-0.25, -0.2) is 9.59 Å². The molecule has 1 N–H and O–H groups in total. The summed E-state index contributed by atoms with van der Waals surface area (Å²) >= 11 is 0. The number of methoxy groups -OCH3 is 1. The average molecular weight is 440 g/mol. The van der Waals surface area contributed by atoms with Crippen LogP contribution in [-0.4, -0.2) is 36.4 Å². The number of aliphatic carboxylic acids is 1. The van der Waals surface area contributed by atoms with Crippen molar-refractivity contribution in [2.45, 2.75) is 31.8 Å². The Morgan fingerprint density at radius 2 is 1.38 bits per heavy atom. The van der Waals surface area contributed by atoms with Gasteiger partial charge in [0, 0.05) is 5.56 Å². The van der Waals surface area contributed by atoms with E-state index in [4.69, 9.17) is 19.3 Å². The summed E-state index contributed by atoms with van der Waals surface area (Å²) < 4.78 is 20.5. The van der Waals surface area contributed by atoms with E-state index in [9.17, 15) is 14.4 Å². The third-order valence-electron chi connectivity index (χ3n) is 5.18. The Balaban J connectivity index is 1.52. The second-order valence-corrected chi connectivity index (χ2v) is 7.35. The molecule has 1 saturated carbocycles. The van der Waals surface area contributed by atoms with Gasteiger partial charge in [0.2, 0.25) is 0 Å². The summed E-state index contributed by atoms with van der Waals surface area (Å²) in [5.74, 6) is -0.529. The minimum atomic E-state index is -0.848. The Morgan fingerprint density at radius 1 is 0.844 bits per heavy atom. The monoisotopic (exact) mass is 440 g/mol. The van der Waals surface area contributed by atoms with Crippen LogP contribution in [0.2, 0.25) is 0 Å². The zero-order valence-corrected chi connectivity index (χ0v) is 17.6. The summed E-state index contributed by atoms with van der Waals surface area (Å²) in [6.45, 7) is 3.96.